The number of carbonyl (C=O) groups is 1. The quantitative estimate of drug-likeness (QED) is 0.403. The third kappa shape index (κ3) is 7.07. The highest BCUT2D eigenvalue weighted by Crippen LogP contribution is 2.20. The molecule has 24 heavy (non-hydrogen) atoms. The fraction of sp³-hybridized carbons (Fsp3) is 0.889. The van der Waals surface area contributed by atoms with E-state index in [1.165, 1.54) is 32.1 Å². The van der Waals surface area contributed by atoms with Gasteiger partial charge in [-0.15, -0.1) is 0 Å². The molecule has 2 aliphatic rings. The molecule has 0 aromatic carbocycles. The minimum atomic E-state index is 0.130. The largest absolute Gasteiger partial charge is 0.378 e. The van der Waals surface area contributed by atoms with E-state index in [0.29, 0.717) is 6.10 Å². The Hall–Kier alpha value is -1.30. The standard InChI is InChI=1S/C18H34N4O2/c1-2-19-18(21-15-17(23)22-12-6-7-13-22)20-11-8-14-24-16-9-4-3-5-10-16/h16H,2-15H2,1H3,(H2,19,20,21). The van der Waals surface area contributed by atoms with Crippen LogP contribution in [0.15, 0.2) is 4.99 Å². The van der Waals surface area contributed by atoms with Crippen molar-refractivity contribution >= 4 is 11.9 Å². The van der Waals surface area contributed by atoms with Crippen LogP contribution in [0.4, 0.5) is 0 Å². The normalized spacial score (nSPS) is 19.5. The molecule has 2 fully saturated rings. The molecule has 1 aliphatic heterocycles. The number of rotatable bonds is 8. The number of nitrogens with zero attached hydrogens (tertiary/aromatic N) is 2. The maximum absolute atomic E-state index is 12.0. The second-order valence-corrected chi connectivity index (χ2v) is 6.69. The lowest BCUT2D eigenvalue weighted by Gasteiger charge is -2.22. The van der Waals surface area contributed by atoms with Crippen LogP contribution in [0.5, 0.6) is 0 Å². The van der Waals surface area contributed by atoms with E-state index in [4.69, 9.17) is 4.74 Å². The molecule has 138 valence electrons. The van der Waals surface area contributed by atoms with Gasteiger partial charge in [-0.3, -0.25) is 4.79 Å². The van der Waals surface area contributed by atoms with Gasteiger partial charge in [-0.1, -0.05) is 19.3 Å². The van der Waals surface area contributed by atoms with Crippen LogP contribution in [-0.2, 0) is 9.53 Å². The molecule has 1 saturated carbocycles. The highest BCUT2D eigenvalue weighted by Gasteiger charge is 2.17. The smallest absolute Gasteiger partial charge is 0.244 e. The minimum absolute atomic E-state index is 0.130. The number of ether oxygens (including phenoxy) is 1. The Labute approximate surface area is 146 Å². The van der Waals surface area contributed by atoms with Gasteiger partial charge in [0.05, 0.1) is 6.10 Å². The van der Waals surface area contributed by atoms with Gasteiger partial charge in [0.15, 0.2) is 5.96 Å². The van der Waals surface area contributed by atoms with Crippen LogP contribution >= 0.6 is 0 Å². The van der Waals surface area contributed by atoms with Crippen LogP contribution in [-0.4, -0.2) is 62.2 Å². The van der Waals surface area contributed by atoms with Crippen molar-refractivity contribution in [1.82, 2.24) is 15.5 Å². The molecule has 1 amide bonds. The van der Waals surface area contributed by atoms with Crippen LogP contribution in [0, 0.1) is 0 Å². The van der Waals surface area contributed by atoms with E-state index in [2.05, 4.69) is 15.6 Å². The lowest BCUT2D eigenvalue weighted by Crippen LogP contribution is -2.39. The molecule has 6 nitrogen and oxygen atoms in total. The summed E-state index contributed by atoms with van der Waals surface area (Å²) < 4.78 is 5.93. The molecule has 0 atom stereocenters. The molecule has 0 bridgehead atoms. The van der Waals surface area contributed by atoms with Crippen LogP contribution in [0.3, 0.4) is 0 Å². The first kappa shape index (κ1) is 19.0. The molecule has 0 spiro atoms. The van der Waals surface area contributed by atoms with E-state index < -0.39 is 0 Å². The molecule has 2 rings (SSSR count). The number of aliphatic imine (C=N–C) groups is 1. The maximum atomic E-state index is 12.0. The van der Waals surface area contributed by atoms with Crippen molar-refractivity contribution in [1.29, 1.82) is 0 Å². The van der Waals surface area contributed by atoms with Crippen molar-refractivity contribution in [2.75, 3.05) is 39.3 Å². The molecule has 1 heterocycles. The van der Waals surface area contributed by atoms with Crippen molar-refractivity contribution < 1.29 is 9.53 Å². The number of nitrogens with one attached hydrogen (secondary N) is 2. The van der Waals surface area contributed by atoms with Gasteiger partial charge in [-0.05, 0) is 39.0 Å². The highest BCUT2D eigenvalue weighted by atomic mass is 16.5. The van der Waals surface area contributed by atoms with Crippen LogP contribution in [0.2, 0.25) is 0 Å². The second-order valence-electron chi connectivity index (χ2n) is 6.69. The zero-order valence-electron chi connectivity index (χ0n) is 15.2. The van der Waals surface area contributed by atoms with Gasteiger partial charge in [0.2, 0.25) is 5.91 Å². The molecule has 0 radical (unpaired) electrons. The van der Waals surface area contributed by atoms with Crippen molar-refractivity contribution in [3.05, 3.63) is 0 Å². The first-order valence-corrected chi connectivity index (χ1v) is 9.71. The van der Waals surface area contributed by atoms with Gasteiger partial charge in [0.25, 0.3) is 0 Å². The molecule has 0 aromatic rings. The number of hydrogen-bond donors (Lipinski definition) is 2. The van der Waals surface area contributed by atoms with Gasteiger partial charge >= 0.3 is 0 Å². The van der Waals surface area contributed by atoms with E-state index in [1.807, 2.05) is 11.8 Å². The molecular formula is C18H34N4O2. The molecule has 1 aliphatic carbocycles. The highest BCUT2D eigenvalue weighted by molar-refractivity contribution is 5.85. The van der Waals surface area contributed by atoms with Crippen LogP contribution in [0.25, 0.3) is 0 Å². The first-order valence-electron chi connectivity index (χ1n) is 9.71. The number of guanidine groups is 1. The summed E-state index contributed by atoms with van der Waals surface area (Å²) in [6.07, 6.45) is 10.1. The van der Waals surface area contributed by atoms with Gasteiger partial charge < -0.3 is 20.3 Å². The van der Waals surface area contributed by atoms with Crippen LogP contribution in [0.1, 0.15) is 58.3 Å². The summed E-state index contributed by atoms with van der Waals surface area (Å²) in [5.41, 5.74) is 0. The number of carbonyl (C=O) groups excluding carboxylic acids is 1. The summed E-state index contributed by atoms with van der Waals surface area (Å²) in [6.45, 7) is 6.44. The molecule has 2 N–H and O–H groups in total. The molecule has 0 aromatic heterocycles. The summed E-state index contributed by atoms with van der Waals surface area (Å²) >= 11 is 0. The number of likely N-dealkylation sites (tertiary alicyclic amines) is 1. The Kier molecular flexibility index (Phi) is 8.95. The fourth-order valence-electron chi connectivity index (χ4n) is 3.32. The first-order chi connectivity index (χ1) is 11.8. The summed E-state index contributed by atoms with van der Waals surface area (Å²) in [5.74, 6) is 0.855. The second kappa shape index (κ2) is 11.3. The summed E-state index contributed by atoms with van der Waals surface area (Å²) in [6, 6.07) is 0. The molecule has 1 saturated heterocycles. The summed E-state index contributed by atoms with van der Waals surface area (Å²) in [4.78, 5) is 18.4. The topological polar surface area (TPSA) is 66.0 Å². The van der Waals surface area contributed by atoms with Crippen molar-refractivity contribution in [2.45, 2.75) is 64.4 Å². The van der Waals surface area contributed by atoms with E-state index in [-0.39, 0.29) is 12.5 Å². The monoisotopic (exact) mass is 338 g/mol. The Morgan fingerprint density at radius 2 is 1.88 bits per heavy atom. The molecule has 6 heteroatoms. The van der Waals surface area contributed by atoms with Gasteiger partial charge in [-0.2, -0.15) is 0 Å². The van der Waals surface area contributed by atoms with Crippen molar-refractivity contribution in [2.24, 2.45) is 4.99 Å². The van der Waals surface area contributed by atoms with Gasteiger partial charge in [-0.25, -0.2) is 4.99 Å². The van der Waals surface area contributed by atoms with E-state index in [9.17, 15) is 4.79 Å². The fourth-order valence-corrected chi connectivity index (χ4v) is 3.32. The molecular weight excluding hydrogens is 304 g/mol. The third-order valence-electron chi connectivity index (χ3n) is 4.69. The third-order valence-corrected chi connectivity index (χ3v) is 4.69. The van der Waals surface area contributed by atoms with Gasteiger partial charge in [0, 0.05) is 32.8 Å². The maximum Gasteiger partial charge on any atom is 0.244 e. The lowest BCUT2D eigenvalue weighted by molar-refractivity contribution is -0.128. The van der Waals surface area contributed by atoms with E-state index in [1.54, 1.807) is 0 Å². The average Bonchev–Trinajstić information content (AvgIpc) is 3.14. The lowest BCUT2D eigenvalue weighted by atomic mass is 9.98. The van der Waals surface area contributed by atoms with Gasteiger partial charge in [0.1, 0.15) is 6.54 Å². The predicted octanol–water partition coefficient (Wildman–Crippen LogP) is 1.90. The van der Waals surface area contributed by atoms with Crippen molar-refractivity contribution in [3.63, 3.8) is 0 Å². The Balaban J connectivity index is 1.60. The van der Waals surface area contributed by atoms with E-state index in [0.717, 1.165) is 58.0 Å². The van der Waals surface area contributed by atoms with Crippen molar-refractivity contribution in [3.8, 4) is 0 Å². The Morgan fingerprint density at radius 1 is 1.12 bits per heavy atom. The number of amides is 1. The zero-order valence-corrected chi connectivity index (χ0v) is 15.2. The summed E-state index contributed by atoms with van der Waals surface area (Å²) in [5, 5.41) is 6.49. The average molecular weight is 338 g/mol. The Morgan fingerprint density at radius 3 is 2.58 bits per heavy atom. The SMILES string of the molecule is CCNC(=NCC(=O)N1CCCC1)NCCCOC1CCCCC1. The summed E-state index contributed by atoms with van der Waals surface area (Å²) in [7, 11) is 0. The van der Waals surface area contributed by atoms with E-state index >= 15 is 0 Å². The molecule has 0 unspecified atom stereocenters. The predicted molar refractivity (Wildman–Crippen MR) is 97.2 cm³/mol. The number of hydrogen-bond acceptors (Lipinski definition) is 3. The van der Waals surface area contributed by atoms with Crippen LogP contribution < -0.4 is 10.6 Å². The Bertz CT molecular complexity index is 388. The zero-order chi connectivity index (χ0) is 17.0. The minimum Gasteiger partial charge on any atom is -0.378 e.